The van der Waals surface area contributed by atoms with Gasteiger partial charge in [-0.05, 0) is 50.1 Å². The van der Waals surface area contributed by atoms with E-state index in [0.717, 1.165) is 16.8 Å². The van der Waals surface area contributed by atoms with Gasteiger partial charge in [-0.2, -0.15) is 0 Å². The highest BCUT2D eigenvalue weighted by molar-refractivity contribution is 7.99. The van der Waals surface area contributed by atoms with Crippen LogP contribution in [0.5, 0.6) is 0 Å². The van der Waals surface area contributed by atoms with Crippen molar-refractivity contribution in [3.05, 3.63) is 101 Å². The molecule has 0 bridgehead atoms. The second-order valence-electron chi connectivity index (χ2n) is 8.26. The predicted octanol–water partition coefficient (Wildman–Crippen LogP) is 5.11. The zero-order valence-corrected chi connectivity index (χ0v) is 20.7. The smallest absolute Gasteiger partial charge is 0.253 e. The molecule has 0 saturated carbocycles. The molecule has 0 aliphatic heterocycles. The highest BCUT2D eigenvalue weighted by Gasteiger charge is 2.17. The molecule has 0 aliphatic carbocycles. The summed E-state index contributed by atoms with van der Waals surface area (Å²) in [6.07, 6.45) is 1.64. The number of anilines is 1. The van der Waals surface area contributed by atoms with E-state index in [9.17, 15) is 9.59 Å². The van der Waals surface area contributed by atoms with Crippen molar-refractivity contribution in [3.63, 3.8) is 0 Å². The van der Waals surface area contributed by atoms with Gasteiger partial charge >= 0.3 is 0 Å². The minimum atomic E-state index is -0.250. The molecular formula is C27H27N5O2S. The maximum absolute atomic E-state index is 12.9. The molecule has 0 saturated heterocycles. The Morgan fingerprint density at radius 1 is 1.00 bits per heavy atom. The first-order chi connectivity index (χ1) is 16.9. The first-order valence-electron chi connectivity index (χ1n) is 11.3. The number of aryl methyl sites for hydroxylation is 2. The molecule has 35 heavy (non-hydrogen) atoms. The van der Waals surface area contributed by atoms with Crippen molar-refractivity contribution in [2.75, 3.05) is 11.1 Å². The molecule has 1 aromatic heterocycles. The van der Waals surface area contributed by atoms with Crippen LogP contribution in [0.25, 0.3) is 5.69 Å². The standard InChI is InChI=1S/C27H27N5O2S/c1-18-13-14-24(19(2)15-18)32-17-28-31-27(32)35-16-25(33)30-23-12-8-7-11-22(23)26(34)29-20(3)21-9-5-4-6-10-21/h4-15,17,20H,16H2,1-3H3,(H,29,34)(H,30,33). The summed E-state index contributed by atoms with van der Waals surface area (Å²) >= 11 is 1.29. The van der Waals surface area contributed by atoms with Crippen molar-refractivity contribution in [1.82, 2.24) is 20.1 Å². The lowest BCUT2D eigenvalue weighted by molar-refractivity contribution is -0.113. The van der Waals surface area contributed by atoms with E-state index < -0.39 is 0 Å². The number of hydrogen-bond acceptors (Lipinski definition) is 5. The highest BCUT2D eigenvalue weighted by atomic mass is 32.2. The number of amides is 2. The number of rotatable bonds is 8. The summed E-state index contributed by atoms with van der Waals surface area (Å²) in [5.74, 6) is -0.360. The molecule has 1 heterocycles. The number of nitrogens with one attached hydrogen (secondary N) is 2. The molecule has 2 N–H and O–H groups in total. The summed E-state index contributed by atoms with van der Waals surface area (Å²) in [6.45, 7) is 6.00. The third-order valence-electron chi connectivity index (χ3n) is 5.55. The number of hydrogen-bond donors (Lipinski definition) is 2. The Morgan fingerprint density at radius 3 is 2.51 bits per heavy atom. The predicted molar refractivity (Wildman–Crippen MR) is 139 cm³/mol. The lowest BCUT2D eigenvalue weighted by atomic mass is 10.1. The Morgan fingerprint density at radius 2 is 1.74 bits per heavy atom. The van der Waals surface area contributed by atoms with E-state index in [0.29, 0.717) is 16.4 Å². The van der Waals surface area contributed by atoms with Crippen molar-refractivity contribution in [2.24, 2.45) is 0 Å². The molecule has 1 unspecified atom stereocenters. The SMILES string of the molecule is Cc1ccc(-n2cnnc2SCC(=O)Nc2ccccc2C(=O)NC(C)c2ccccc2)c(C)c1. The molecule has 0 radical (unpaired) electrons. The number of para-hydroxylation sites is 1. The Kier molecular flexibility index (Phi) is 7.62. The van der Waals surface area contributed by atoms with E-state index in [1.165, 1.54) is 17.3 Å². The van der Waals surface area contributed by atoms with Gasteiger partial charge in [-0.1, -0.05) is 71.9 Å². The molecule has 0 spiro atoms. The fourth-order valence-corrected chi connectivity index (χ4v) is 4.49. The first-order valence-corrected chi connectivity index (χ1v) is 12.3. The largest absolute Gasteiger partial charge is 0.345 e. The summed E-state index contributed by atoms with van der Waals surface area (Å²) in [5, 5.41) is 14.7. The van der Waals surface area contributed by atoms with Gasteiger partial charge in [-0.15, -0.1) is 10.2 Å². The van der Waals surface area contributed by atoms with Crippen LogP contribution in [0.2, 0.25) is 0 Å². The minimum Gasteiger partial charge on any atom is -0.345 e. The molecule has 4 rings (SSSR count). The van der Waals surface area contributed by atoms with Gasteiger partial charge in [0.25, 0.3) is 5.91 Å². The van der Waals surface area contributed by atoms with Crippen LogP contribution in [0.15, 0.2) is 84.3 Å². The Hall–Kier alpha value is -3.91. The third kappa shape index (κ3) is 5.96. The maximum Gasteiger partial charge on any atom is 0.253 e. The highest BCUT2D eigenvalue weighted by Crippen LogP contribution is 2.23. The van der Waals surface area contributed by atoms with Gasteiger partial charge in [0.2, 0.25) is 5.91 Å². The summed E-state index contributed by atoms with van der Waals surface area (Å²) in [6, 6.07) is 22.7. The number of thioether (sulfide) groups is 1. The second kappa shape index (κ2) is 11.0. The number of carbonyl (C=O) groups excluding carboxylic acids is 2. The lowest BCUT2D eigenvalue weighted by Gasteiger charge is -2.16. The topological polar surface area (TPSA) is 88.9 Å². The average molecular weight is 486 g/mol. The molecule has 4 aromatic rings. The molecule has 3 aromatic carbocycles. The minimum absolute atomic E-state index is 0.125. The Bertz CT molecular complexity index is 1340. The van der Waals surface area contributed by atoms with Crippen LogP contribution in [-0.4, -0.2) is 32.3 Å². The van der Waals surface area contributed by atoms with Crippen molar-refractivity contribution in [1.29, 1.82) is 0 Å². The van der Waals surface area contributed by atoms with Crippen LogP contribution in [0.3, 0.4) is 0 Å². The fourth-order valence-electron chi connectivity index (χ4n) is 3.77. The number of nitrogens with zero attached hydrogens (tertiary/aromatic N) is 3. The van der Waals surface area contributed by atoms with E-state index in [1.54, 1.807) is 30.6 Å². The molecule has 178 valence electrons. The lowest BCUT2D eigenvalue weighted by Crippen LogP contribution is -2.28. The van der Waals surface area contributed by atoms with Crippen LogP contribution in [0.1, 0.15) is 40.0 Å². The number of benzene rings is 3. The van der Waals surface area contributed by atoms with Gasteiger partial charge in [0.1, 0.15) is 6.33 Å². The van der Waals surface area contributed by atoms with E-state index in [1.807, 2.05) is 67.8 Å². The van der Waals surface area contributed by atoms with Gasteiger partial charge in [-0.25, -0.2) is 0 Å². The van der Waals surface area contributed by atoms with E-state index in [-0.39, 0.29) is 23.6 Å². The fraction of sp³-hybridized carbons (Fsp3) is 0.185. The molecule has 2 amide bonds. The van der Waals surface area contributed by atoms with Crippen molar-refractivity contribution in [2.45, 2.75) is 32.0 Å². The molecule has 8 heteroatoms. The molecule has 0 aliphatic rings. The van der Waals surface area contributed by atoms with Gasteiger partial charge in [0, 0.05) is 0 Å². The van der Waals surface area contributed by atoms with Gasteiger partial charge < -0.3 is 10.6 Å². The van der Waals surface area contributed by atoms with Crippen LogP contribution < -0.4 is 10.6 Å². The van der Waals surface area contributed by atoms with Crippen LogP contribution >= 0.6 is 11.8 Å². The summed E-state index contributed by atoms with van der Waals surface area (Å²) in [7, 11) is 0. The quantitative estimate of drug-likeness (QED) is 0.339. The van der Waals surface area contributed by atoms with Crippen LogP contribution in [-0.2, 0) is 4.79 Å². The zero-order valence-electron chi connectivity index (χ0n) is 19.9. The summed E-state index contributed by atoms with van der Waals surface area (Å²) < 4.78 is 1.87. The van der Waals surface area contributed by atoms with Crippen LogP contribution in [0, 0.1) is 13.8 Å². The molecule has 1 atom stereocenters. The van der Waals surface area contributed by atoms with Gasteiger partial charge in [-0.3, -0.25) is 14.2 Å². The first kappa shape index (κ1) is 24.2. The van der Waals surface area contributed by atoms with Crippen molar-refractivity contribution >= 4 is 29.3 Å². The average Bonchev–Trinajstić information content (AvgIpc) is 3.32. The monoisotopic (exact) mass is 485 g/mol. The Balaban J connectivity index is 1.41. The van der Waals surface area contributed by atoms with Crippen molar-refractivity contribution < 1.29 is 9.59 Å². The third-order valence-corrected chi connectivity index (χ3v) is 6.50. The van der Waals surface area contributed by atoms with Crippen LogP contribution in [0.4, 0.5) is 5.69 Å². The zero-order chi connectivity index (χ0) is 24.8. The Labute approximate surface area is 209 Å². The second-order valence-corrected chi connectivity index (χ2v) is 9.20. The van der Waals surface area contributed by atoms with Gasteiger partial charge in [0.05, 0.1) is 28.7 Å². The van der Waals surface area contributed by atoms with E-state index in [4.69, 9.17) is 0 Å². The molecular weight excluding hydrogens is 458 g/mol. The molecule has 7 nitrogen and oxygen atoms in total. The maximum atomic E-state index is 12.9. The number of aromatic nitrogens is 3. The molecule has 0 fully saturated rings. The summed E-state index contributed by atoms with van der Waals surface area (Å²) in [4.78, 5) is 25.7. The van der Waals surface area contributed by atoms with Crippen molar-refractivity contribution in [3.8, 4) is 5.69 Å². The van der Waals surface area contributed by atoms with E-state index >= 15 is 0 Å². The van der Waals surface area contributed by atoms with Gasteiger partial charge in [0.15, 0.2) is 5.16 Å². The normalized spacial score (nSPS) is 11.6. The summed E-state index contributed by atoms with van der Waals surface area (Å²) in [5.41, 5.74) is 5.12. The number of carbonyl (C=O) groups is 2. The van der Waals surface area contributed by atoms with E-state index in [2.05, 4.69) is 26.9 Å².